The average molecular weight is 276 g/mol. The Kier molecular flexibility index (Phi) is 5.03. The summed E-state index contributed by atoms with van der Waals surface area (Å²) in [6.07, 6.45) is 7.09. The number of carbonyl (C=O) groups excluding carboxylic acids is 2. The van der Waals surface area contributed by atoms with Gasteiger partial charge in [0, 0.05) is 45.0 Å². The van der Waals surface area contributed by atoms with Crippen molar-refractivity contribution in [3.8, 4) is 0 Å². The largest absolute Gasteiger partial charge is 0.339 e. The lowest BCUT2D eigenvalue weighted by molar-refractivity contribution is -0.132. The van der Waals surface area contributed by atoms with E-state index in [1.165, 1.54) is 12.4 Å². The smallest absolute Gasteiger partial charge is 0.274 e. The highest BCUT2D eigenvalue weighted by Crippen LogP contribution is 2.08. The Hall–Kier alpha value is -1.98. The zero-order valence-electron chi connectivity index (χ0n) is 11.8. The van der Waals surface area contributed by atoms with Crippen molar-refractivity contribution >= 4 is 11.8 Å². The standard InChI is InChI=1S/C14H20N4O2/c1-2-3-4-13(19)17-7-9-18(10-8-17)14(20)12-11-15-5-6-16-12/h5-6,11H,2-4,7-10H2,1H3. The topological polar surface area (TPSA) is 66.4 Å². The molecule has 0 radical (unpaired) electrons. The lowest BCUT2D eigenvalue weighted by atomic mass is 10.2. The van der Waals surface area contributed by atoms with Gasteiger partial charge in [-0.1, -0.05) is 13.3 Å². The van der Waals surface area contributed by atoms with Gasteiger partial charge in [-0.2, -0.15) is 0 Å². The first-order chi connectivity index (χ1) is 9.72. The van der Waals surface area contributed by atoms with Crippen molar-refractivity contribution in [2.75, 3.05) is 26.2 Å². The number of unbranched alkanes of at least 4 members (excludes halogenated alkanes) is 1. The van der Waals surface area contributed by atoms with Crippen molar-refractivity contribution in [2.45, 2.75) is 26.2 Å². The maximum absolute atomic E-state index is 12.2. The molecule has 2 heterocycles. The second-order valence-electron chi connectivity index (χ2n) is 4.87. The maximum atomic E-state index is 12.2. The van der Waals surface area contributed by atoms with Gasteiger partial charge in [0.05, 0.1) is 6.20 Å². The van der Waals surface area contributed by atoms with E-state index < -0.39 is 0 Å². The number of amides is 2. The van der Waals surface area contributed by atoms with Gasteiger partial charge in [-0.25, -0.2) is 4.98 Å². The van der Waals surface area contributed by atoms with Crippen LogP contribution in [0.2, 0.25) is 0 Å². The van der Waals surface area contributed by atoms with Crippen molar-refractivity contribution in [1.29, 1.82) is 0 Å². The van der Waals surface area contributed by atoms with Gasteiger partial charge in [0.1, 0.15) is 5.69 Å². The Bertz CT molecular complexity index is 456. The van der Waals surface area contributed by atoms with Crippen LogP contribution < -0.4 is 0 Å². The van der Waals surface area contributed by atoms with E-state index >= 15 is 0 Å². The van der Waals surface area contributed by atoms with Crippen LogP contribution in [0.1, 0.15) is 36.7 Å². The summed E-state index contributed by atoms with van der Waals surface area (Å²) >= 11 is 0. The van der Waals surface area contributed by atoms with Crippen LogP contribution in [0.25, 0.3) is 0 Å². The van der Waals surface area contributed by atoms with E-state index in [0.717, 1.165) is 12.8 Å². The summed E-state index contributed by atoms with van der Waals surface area (Å²) in [5, 5.41) is 0. The minimum Gasteiger partial charge on any atom is -0.339 e. The minimum atomic E-state index is -0.112. The van der Waals surface area contributed by atoms with Crippen molar-refractivity contribution in [3.63, 3.8) is 0 Å². The van der Waals surface area contributed by atoms with Crippen LogP contribution in [0, 0.1) is 0 Å². The van der Waals surface area contributed by atoms with Gasteiger partial charge in [0.15, 0.2) is 0 Å². The molecule has 1 aromatic rings. The molecule has 1 aromatic heterocycles. The number of hydrogen-bond acceptors (Lipinski definition) is 4. The molecule has 0 bridgehead atoms. The summed E-state index contributed by atoms with van der Waals surface area (Å²) in [5.74, 6) is 0.0807. The molecule has 0 aromatic carbocycles. The fraction of sp³-hybridized carbons (Fsp3) is 0.571. The van der Waals surface area contributed by atoms with Crippen LogP contribution in [0.4, 0.5) is 0 Å². The molecule has 0 unspecified atom stereocenters. The van der Waals surface area contributed by atoms with E-state index in [1.807, 2.05) is 4.90 Å². The molecule has 0 saturated carbocycles. The van der Waals surface area contributed by atoms with Crippen LogP contribution in [0.5, 0.6) is 0 Å². The highest BCUT2D eigenvalue weighted by Gasteiger charge is 2.25. The SMILES string of the molecule is CCCCC(=O)N1CCN(C(=O)c2cnccn2)CC1. The molecule has 0 aliphatic carbocycles. The third kappa shape index (κ3) is 3.53. The zero-order chi connectivity index (χ0) is 14.4. The number of rotatable bonds is 4. The molecule has 0 N–H and O–H groups in total. The normalized spacial score (nSPS) is 15.2. The van der Waals surface area contributed by atoms with E-state index in [9.17, 15) is 9.59 Å². The monoisotopic (exact) mass is 276 g/mol. The van der Waals surface area contributed by atoms with E-state index in [2.05, 4.69) is 16.9 Å². The van der Waals surface area contributed by atoms with Gasteiger partial charge in [-0.15, -0.1) is 0 Å². The van der Waals surface area contributed by atoms with Crippen molar-refractivity contribution in [3.05, 3.63) is 24.3 Å². The minimum absolute atomic E-state index is 0.112. The Labute approximate surface area is 118 Å². The third-order valence-corrected chi connectivity index (χ3v) is 3.45. The summed E-state index contributed by atoms with van der Waals surface area (Å²) < 4.78 is 0. The second-order valence-corrected chi connectivity index (χ2v) is 4.87. The van der Waals surface area contributed by atoms with Gasteiger partial charge in [0.25, 0.3) is 5.91 Å². The first kappa shape index (κ1) is 14.4. The summed E-state index contributed by atoms with van der Waals surface area (Å²) in [6.45, 7) is 4.41. The van der Waals surface area contributed by atoms with Crippen LogP contribution >= 0.6 is 0 Å². The highest BCUT2D eigenvalue weighted by atomic mass is 16.2. The van der Waals surface area contributed by atoms with Crippen molar-refractivity contribution in [2.24, 2.45) is 0 Å². The second kappa shape index (κ2) is 6.98. The number of aromatic nitrogens is 2. The molecule has 1 aliphatic rings. The molecule has 6 heteroatoms. The molecular formula is C14H20N4O2. The van der Waals surface area contributed by atoms with E-state index in [-0.39, 0.29) is 11.8 Å². The summed E-state index contributed by atoms with van der Waals surface area (Å²) in [6, 6.07) is 0. The van der Waals surface area contributed by atoms with Crippen LogP contribution in [0.3, 0.4) is 0 Å². The van der Waals surface area contributed by atoms with Crippen molar-refractivity contribution in [1.82, 2.24) is 19.8 Å². The average Bonchev–Trinajstić information content (AvgIpc) is 2.53. The molecule has 0 atom stereocenters. The number of carbonyl (C=O) groups is 2. The van der Waals surface area contributed by atoms with E-state index in [4.69, 9.17) is 0 Å². The van der Waals surface area contributed by atoms with Gasteiger partial charge >= 0.3 is 0 Å². The first-order valence-corrected chi connectivity index (χ1v) is 7.05. The van der Waals surface area contributed by atoms with Crippen LogP contribution in [-0.4, -0.2) is 57.8 Å². The Morgan fingerprint density at radius 2 is 1.85 bits per heavy atom. The van der Waals surface area contributed by atoms with Crippen LogP contribution in [0.15, 0.2) is 18.6 Å². The molecule has 2 rings (SSSR count). The summed E-state index contributed by atoms with van der Waals surface area (Å²) in [4.78, 5) is 35.6. The molecular weight excluding hydrogens is 256 g/mol. The lowest BCUT2D eigenvalue weighted by Gasteiger charge is -2.34. The first-order valence-electron chi connectivity index (χ1n) is 7.05. The van der Waals surface area contributed by atoms with Gasteiger partial charge in [0.2, 0.25) is 5.91 Å². The lowest BCUT2D eigenvalue weighted by Crippen LogP contribution is -2.50. The number of piperazine rings is 1. The molecule has 1 fully saturated rings. The van der Waals surface area contributed by atoms with E-state index in [1.54, 1.807) is 11.1 Å². The quantitative estimate of drug-likeness (QED) is 0.821. The fourth-order valence-electron chi connectivity index (χ4n) is 2.22. The molecule has 2 amide bonds. The van der Waals surface area contributed by atoms with Crippen molar-refractivity contribution < 1.29 is 9.59 Å². The van der Waals surface area contributed by atoms with E-state index in [0.29, 0.717) is 38.3 Å². The van der Waals surface area contributed by atoms with Gasteiger partial charge in [-0.3, -0.25) is 14.6 Å². The predicted molar refractivity (Wildman–Crippen MR) is 74.0 cm³/mol. The Balaban J connectivity index is 1.85. The number of hydrogen-bond donors (Lipinski definition) is 0. The zero-order valence-corrected chi connectivity index (χ0v) is 11.8. The molecule has 1 saturated heterocycles. The Morgan fingerprint density at radius 1 is 1.15 bits per heavy atom. The third-order valence-electron chi connectivity index (χ3n) is 3.45. The molecule has 1 aliphatic heterocycles. The fourth-order valence-corrected chi connectivity index (χ4v) is 2.22. The van der Waals surface area contributed by atoms with Gasteiger partial charge < -0.3 is 9.80 Å². The number of nitrogens with zero attached hydrogens (tertiary/aromatic N) is 4. The molecule has 20 heavy (non-hydrogen) atoms. The molecule has 0 spiro atoms. The predicted octanol–water partition coefficient (Wildman–Crippen LogP) is 0.951. The van der Waals surface area contributed by atoms with Gasteiger partial charge in [-0.05, 0) is 6.42 Å². The summed E-state index contributed by atoms with van der Waals surface area (Å²) in [7, 11) is 0. The highest BCUT2D eigenvalue weighted by molar-refractivity contribution is 5.92. The summed E-state index contributed by atoms with van der Waals surface area (Å²) in [5.41, 5.74) is 0.359. The molecule has 6 nitrogen and oxygen atoms in total. The molecule has 108 valence electrons. The Morgan fingerprint density at radius 3 is 2.45 bits per heavy atom. The van der Waals surface area contributed by atoms with Crippen LogP contribution in [-0.2, 0) is 4.79 Å². The maximum Gasteiger partial charge on any atom is 0.274 e.